The van der Waals surface area contributed by atoms with Crippen molar-refractivity contribution in [2.45, 2.75) is 69.1 Å². The van der Waals surface area contributed by atoms with E-state index in [-0.39, 0.29) is 12.1 Å². The van der Waals surface area contributed by atoms with Crippen molar-refractivity contribution in [1.29, 1.82) is 0 Å². The van der Waals surface area contributed by atoms with E-state index in [0.717, 1.165) is 62.8 Å². The number of nitrogens with zero attached hydrogens (tertiary/aromatic N) is 2. The van der Waals surface area contributed by atoms with Crippen LogP contribution in [-0.2, 0) is 12.0 Å². The summed E-state index contributed by atoms with van der Waals surface area (Å²) in [5.41, 5.74) is 7.33. The van der Waals surface area contributed by atoms with Gasteiger partial charge >= 0.3 is 0 Å². The Labute approximate surface area is 178 Å². The van der Waals surface area contributed by atoms with E-state index in [1.54, 1.807) is 6.20 Å². The van der Waals surface area contributed by atoms with E-state index >= 15 is 0 Å². The van der Waals surface area contributed by atoms with E-state index in [0.29, 0.717) is 23.0 Å². The summed E-state index contributed by atoms with van der Waals surface area (Å²) < 4.78 is 0. The van der Waals surface area contributed by atoms with Crippen LogP contribution in [0.25, 0.3) is 5.70 Å². The Hall–Kier alpha value is -2.44. The zero-order valence-corrected chi connectivity index (χ0v) is 17.4. The number of aromatic nitrogens is 2. The molecule has 2 aromatic rings. The first-order chi connectivity index (χ1) is 14.4. The second kappa shape index (κ2) is 8.74. The average Bonchev–Trinajstić information content (AvgIpc) is 3.15. The normalized spacial score (nSPS) is 28.9. The SMILES string of the molecule is C=C(N)c1cnc(CC2CCC(O)(c3ccccc3)CC2)nc1N[C@H]1CCC[C@@H]1O. The Morgan fingerprint density at radius 3 is 2.53 bits per heavy atom. The van der Waals surface area contributed by atoms with Gasteiger partial charge in [-0.3, -0.25) is 0 Å². The Bertz CT molecular complexity index is 878. The van der Waals surface area contributed by atoms with Crippen molar-refractivity contribution >= 4 is 11.5 Å². The molecule has 2 fully saturated rings. The third-order valence-corrected chi connectivity index (χ3v) is 6.70. The van der Waals surface area contributed by atoms with Crippen LogP contribution >= 0.6 is 0 Å². The quantitative estimate of drug-likeness (QED) is 0.584. The summed E-state index contributed by atoms with van der Waals surface area (Å²) in [4.78, 5) is 9.27. The van der Waals surface area contributed by atoms with Crippen molar-refractivity contribution in [2.24, 2.45) is 11.7 Å². The zero-order chi connectivity index (χ0) is 21.1. The summed E-state index contributed by atoms with van der Waals surface area (Å²) in [7, 11) is 0. The van der Waals surface area contributed by atoms with Gasteiger partial charge in [0.05, 0.1) is 23.3 Å². The fourth-order valence-corrected chi connectivity index (χ4v) is 4.80. The maximum absolute atomic E-state index is 11.1. The van der Waals surface area contributed by atoms with E-state index in [9.17, 15) is 10.2 Å². The molecule has 2 aliphatic rings. The van der Waals surface area contributed by atoms with Gasteiger partial charge in [-0.25, -0.2) is 9.97 Å². The highest BCUT2D eigenvalue weighted by Crippen LogP contribution is 2.40. The topological polar surface area (TPSA) is 104 Å². The van der Waals surface area contributed by atoms with Crippen molar-refractivity contribution in [3.63, 3.8) is 0 Å². The summed E-state index contributed by atoms with van der Waals surface area (Å²) in [6.45, 7) is 3.84. The fraction of sp³-hybridized carbons (Fsp3) is 0.500. The number of nitrogens with two attached hydrogens (primary N) is 1. The minimum absolute atomic E-state index is 0.0126. The maximum atomic E-state index is 11.1. The van der Waals surface area contributed by atoms with Crippen LogP contribution < -0.4 is 11.1 Å². The second-order valence-electron chi connectivity index (χ2n) is 8.87. The maximum Gasteiger partial charge on any atom is 0.139 e. The molecule has 2 atom stereocenters. The van der Waals surface area contributed by atoms with Crippen molar-refractivity contribution in [1.82, 2.24) is 9.97 Å². The highest BCUT2D eigenvalue weighted by atomic mass is 16.3. The van der Waals surface area contributed by atoms with Crippen molar-refractivity contribution in [3.8, 4) is 0 Å². The molecule has 0 spiro atoms. The predicted molar refractivity (Wildman–Crippen MR) is 119 cm³/mol. The van der Waals surface area contributed by atoms with E-state index < -0.39 is 5.60 Å². The smallest absolute Gasteiger partial charge is 0.139 e. The van der Waals surface area contributed by atoms with Gasteiger partial charge in [0.1, 0.15) is 11.6 Å². The largest absolute Gasteiger partial charge is 0.399 e. The van der Waals surface area contributed by atoms with Crippen LogP contribution in [0, 0.1) is 5.92 Å². The average molecular weight is 409 g/mol. The summed E-state index contributed by atoms with van der Waals surface area (Å²) in [6.07, 6.45) is 8.23. The van der Waals surface area contributed by atoms with Crippen molar-refractivity contribution in [2.75, 3.05) is 5.32 Å². The van der Waals surface area contributed by atoms with Gasteiger partial charge in [-0.2, -0.15) is 0 Å². The summed E-state index contributed by atoms with van der Waals surface area (Å²) in [5, 5.41) is 24.6. The van der Waals surface area contributed by atoms with Gasteiger partial charge in [-0.05, 0) is 56.4 Å². The lowest BCUT2D eigenvalue weighted by molar-refractivity contribution is -0.0143. The Kier molecular flexibility index (Phi) is 6.06. The number of hydrogen-bond acceptors (Lipinski definition) is 6. The van der Waals surface area contributed by atoms with E-state index in [1.807, 2.05) is 30.3 Å². The molecular weight excluding hydrogens is 376 g/mol. The number of nitrogens with one attached hydrogen (secondary N) is 1. The Morgan fingerprint density at radius 1 is 1.17 bits per heavy atom. The molecule has 4 rings (SSSR count). The predicted octanol–water partition coefficient (Wildman–Crippen LogP) is 3.35. The van der Waals surface area contributed by atoms with Gasteiger partial charge < -0.3 is 21.3 Å². The lowest BCUT2D eigenvalue weighted by Crippen LogP contribution is -2.32. The molecule has 0 radical (unpaired) electrons. The third-order valence-electron chi connectivity index (χ3n) is 6.70. The molecule has 1 aromatic carbocycles. The molecule has 2 aliphatic carbocycles. The van der Waals surface area contributed by atoms with Crippen LogP contribution in [0.15, 0.2) is 43.1 Å². The van der Waals surface area contributed by atoms with Crippen LogP contribution in [0.4, 0.5) is 5.82 Å². The monoisotopic (exact) mass is 408 g/mol. The highest BCUT2D eigenvalue weighted by molar-refractivity contribution is 5.70. The first kappa shape index (κ1) is 20.8. The van der Waals surface area contributed by atoms with Crippen molar-refractivity contribution < 1.29 is 10.2 Å². The molecule has 2 saturated carbocycles. The molecule has 6 nitrogen and oxygen atoms in total. The molecular formula is C24H32N4O2. The minimum atomic E-state index is -0.731. The summed E-state index contributed by atoms with van der Waals surface area (Å²) in [6, 6.07) is 9.95. The number of hydrogen-bond donors (Lipinski definition) is 4. The molecule has 30 heavy (non-hydrogen) atoms. The Morgan fingerprint density at radius 2 is 1.90 bits per heavy atom. The van der Waals surface area contributed by atoms with Crippen LogP contribution in [0.5, 0.6) is 0 Å². The molecule has 5 N–H and O–H groups in total. The first-order valence-corrected chi connectivity index (χ1v) is 11.0. The van der Waals surface area contributed by atoms with E-state index in [4.69, 9.17) is 10.7 Å². The minimum Gasteiger partial charge on any atom is -0.399 e. The van der Waals surface area contributed by atoms with Gasteiger partial charge in [-0.15, -0.1) is 0 Å². The van der Waals surface area contributed by atoms with Gasteiger partial charge in [0.25, 0.3) is 0 Å². The molecule has 1 heterocycles. The van der Waals surface area contributed by atoms with Gasteiger partial charge in [0, 0.05) is 18.3 Å². The summed E-state index contributed by atoms with van der Waals surface area (Å²) in [5.74, 6) is 1.87. The number of rotatable bonds is 6. The molecule has 6 heteroatoms. The molecule has 0 amide bonds. The number of anilines is 1. The number of aliphatic hydroxyl groups is 2. The van der Waals surface area contributed by atoms with Gasteiger partial charge in [0.15, 0.2) is 0 Å². The Balaban J connectivity index is 1.43. The number of benzene rings is 1. The van der Waals surface area contributed by atoms with Crippen LogP contribution in [0.3, 0.4) is 0 Å². The van der Waals surface area contributed by atoms with E-state index in [1.165, 1.54) is 0 Å². The van der Waals surface area contributed by atoms with Crippen LogP contribution in [-0.4, -0.2) is 32.3 Å². The molecule has 160 valence electrons. The summed E-state index contributed by atoms with van der Waals surface area (Å²) >= 11 is 0. The van der Waals surface area contributed by atoms with Gasteiger partial charge in [0.2, 0.25) is 0 Å². The lowest BCUT2D eigenvalue weighted by atomic mass is 9.74. The molecule has 0 unspecified atom stereocenters. The zero-order valence-electron chi connectivity index (χ0n) is 17.4. The number of aliphatic hydroxyl groups excluding tert-OH is 1. The molecule has 1 aromatic heterocycles. The lowest BCUT2D eigenvalue weighted by Gasteiger charge is -2.36. The third kappa shape index (κ3) is 4.50. The second-order valence-corrected chi connectivity index (χ2v) is 8.87. The highest BCUT2D eigenvalue weighted by Gasteiger charge is 2.35. The molecule has 0 saturated heterocycles. The van der Waals surface area contributed by atoms with Gasteiger partial charge in [-0.1, -0.05) is 36.9 Å². The van der Waals surface area contributed by atoms with E-state index in [2.05, 4.69) is 16.9 Å². The standard InChI is InChI=1S/C24H32N4O2/c1-16(25)19-15-26-22(28-23(19)27-20-8-5-9-21(20)29)14-17-10-12-24(30,13-11-17)18-6-3-2-4-7-18/h2-4,6-7,15,17,20-21,29-30H,1,5,8-14,25H2,(H,26,27,28)/t17?,20-,21-,24?/m0/s1. The fourth-order valence-electron chi connectivity index (χ4n) is 4.80. The van der Waals surface area contributed by atoms with Crippen molar-refractivity contribution in [3.05, 3.63) is 60.1 Å². The molecule has 0 bridgehead atoms. The van der Waals surface area contributed by atoms with Crippen LogP contribution in [0.2, 0.25) is 0 Å². The van der Waals surface area contributed by atoms with Crippen LogP contribution in [0.1, 0.15) is 61.9 Å². The molecule has 0 aliphatic heterocycles. The first-order valence-electron chi connectivity index (χ1n) is 11.0.